The van der Waals surface area contributed by atoms with Gasteiger partial charge in [0.25, 0.3) is 5.91 Å². The van der Waals surface area contributed by atoms with Gasteiger partial charge in [-0.05, 0) is 49.4 Å². The van der Waals surface area contributed by atoms with E-state index < -0.39 is 23.8 Å². The van der Waals surface area contributed by atoms with Crippen molar-refractivity contribution in [3.63, 3.8) is 0 Å². The Labute approximate surface area is 187 Å². The monoisotopic (exact) mass is 452 g/mol. The predicted octanol–water partition coefficient (Wildman–Crippen LogP) is 4.52. The number of carbonyl (C=O) groups is 2. The van der Waals surface area contributed by atoms with Gasteiger partial charge in [-0.25, -0.2) is 4.39 Å². The predicted molar refractivity (Wildman–Crippen MR) is 121 cm³/mol. The molecule has 0 saturated carbocycles. The average Bonchev–Trinajstić information content (AvgIpc) is 2.78. The third kappa shape index (κ3) is 4.20. The van der Waals surface area contributed by atoms with Crippen molar-refractivity contribution >= 4 is 51.0 Å². The molecule has 0 aliphatic rings. The van der Waals surface area contributed by atoms with Crippen molar-refractivity contribution in [1.29, 1.82) is 0 Å². The lowest BCUT2D eigenvalue weighted by Gasteiger charge is -2.17. The number of pyridine rings is 1. The number of halogens is 2. The Morgan fingerprint density at radius 3 is 2.22 bits per heavy atom. The first kappa shape index (κ1) is 21.5. The molecule has 32 heavy (non-hydrogen) atoms. The highest BCUT2D eigenvalue weighted by Gasteiger charge is 2.20. The van der Waals surface area contributed by atoms with Gasteiger partial charge >= 0.3 is 5.97 Å². The molecule has 8 heteroatoms. The van der Waals surface area contributed by atoms with Crippen LogP contribution in [0, 0.1) is 5.82 Å². The van der Waals surface area contributed by atoms with E-state index in [9.17, 15) is 18.8 Å². The SMILES string of the molecule is C[C@H](OC(=O)Cn1c2ccccc2c(=O)c2ccccc21)C(=O)Nc1ccc(F)cc1Cl. The number of aromatic nitrogens is 1. The fourth-order valence-electron chi connectivity index (χ4n) is 3.49. The summed E-state index contributed by atoms with van der Waals surface area (Å²) in [6.07, 6.45) is -1.12. The molecular formula is C24H18ClFN2O4. The third-order valence-corrected chi connectivity index (χ3v) is 5.35. The molecule has 4 aromatic rings. The molecular weight excluding hydrogens is 435 g/mol. The minimum absolute atomic E-state index is 0.0306. The van der Waals surface area contributed by atoms with Crippen LogP contribution < -0.4 is 10.7 Å². The number of nitrogens with zero attached hydrogens (tertiary/aromatic N) is 1. The zero-order valence-electron chi connectivity index (χ0n) is 17.0. The summed E-state index contributed by atoms with van der Waals surface area (Å²) in [6.45, 7) is 1.22. The molecule has 0 spiro atoms. The Morgan fingerprint density at radius 2 is 1.62 bits per heavy atom. The first-order valence-corrected chi connectivity index (χ1v) is 10.2. The number of fused-ring (bicyclic) bond motifs is 2. The zero-order valence-corrected chi connectivity index (χ0v) is 17.7. The second-order valence-electron chi connectivity index (χ2n) is 7.20. The van der Waals surface area contributed by atoms with Crippen molar-refractivity contribution in [3.05, 3.63) is 87.8 Å². The van der Waals surface area contributed by atoms with Gasteiger partial charge in [0.2, 0.25) is 0 Å². The quantitative estimate of drug-likeness (QED) is 0.357. The number of para-hydroxylation sites is 2. The molecule has 6 nitrogen and oxygen atoms in total. The van der Waals surface area contributed by atoms with E-state index >= 15 is 0 Å². The molecule has 1 amide bonds. The van der Waals surface area contributed by atoms with Crippen LogP contribution in [-0.4, -0.2) is 22.5 Å². The molecule has 1 heterocycles. The summed E-state index contributed by atoms with van der Waals surface area (Å²) in [5, 5.41) is 3.51. The van der Waals surface area contributed by atoms with Gasteiger partial charge in [-0.3, -0.25) is 14.4 Å². The van der Waals surface area contributed by atoms with Crippen molar-refractivity contribution in [1.82, 2.24) is 4.57 Å². The average molecular weight is 453 g/mol. The molecule has 1 N–H and O–H groups in total. The van der Waals surface area contributed by atoms with E-state index in [2.05, 4.69) is 5.32 Å². The normalized spacial score (nSPS) is 12.0. The van der Waals surface area contributed by atoms with Crippen LogP contribution in [0.15, 0.2) is 71.5 Å². The number of hydrogen-bond donors (Lipinski definition) is 1. The number of nitrogens with one attached hydrogen (secondary N) is 1. The first-order valence-electron chi connectivity index (χ1n) is 9.81. The lowest BCUT2D eigenvalue weighted by molar-refractivity contribution is -0.153. The minimum atomic E-state index is -1.12. The summed E-state index contributed by atoms with van der Waals surface area (Å²) in [5.41, 5.74) is 1.26. The van der Waals surface area contributed by atoms with E-state index in [1.807, 2.05) is 0 Å². The molecule has 4 rings (SSSR count). The second kappa shape index (κ2) is 8.80. The zero-order chi connectivity index (χ0) is 22.8. The number of ether oxygens (including phenoxy) is 1. The van der Waals surface area contributed by atoms with Gasteiger partial charge in [-0.15, -0.1) is 0 Å². The summed E-state index contributed by atoms with van der Waals surface area (Å²) in [6, 6.07) is 17.5. The third-order valence-electron chi connectivity index (χ3n) is 5.03. The summed E-state index contributed by atoms with van der Waals surface area (Å²) in [5.74, 6) is -1.80. The van der Waals surface area contributed by atoms with Crippen LogP contribution in [0.4, 0.5) is 10.1 Å². The van der Waals surface area contributed by atoms with E-state index in [0.717, 1.165) is 12.1 Å². The second-order valence-corrected chi connectivity index (χ2v) is 7.60. The maximum Gasteiger partial charge on any atom is 0.326 e. The lowest BCUT2D eigenvalue weighted by atomic mass is 10.1. The Hall–Kier alpha value is -3.71. The van der Waals surface area contributed by atoms with Crippen LogP contribution >= 0.6 is 11.6 Å². The van der Waals surface area contributed by atoms with E-state index in [4.69, 9.17) is 16.3 Å². The molecule has 0 aliphatic carbocycles. The van der Waals surface area contributed by atoms with E-state index in [1.54, 1.807) is 53.1 Å². The Balaban J connectivity index is 1.57. The molecule has 0 aliphatic heterocycles. The standard InChI is InChI=1S/C24H18ClFN2O4/c1-14(24(31)27-19-11-10-15(26)12-18(19)25)32-22(29)13-28-20-8-4-2-6-16(20)23(30)17-7-3-5-9-21(17)28/h2-12,14H,13H2,1H3,(H,27,31)/t14-/m0/s1. The van der Waals surface area contributed by atoms with Crippen molar-refractivity contribution < 1.29 is 18.7 Å². The number of anilines is 1. The van der Waals surface area contributed by atoms with Crippen LogP contribution in [0.2, 0.25) is 5.02 Å². The fraction of sp³-hybridized carbons (Fsp3) is 0.125. The van der Waals surface area contributed by atoms with Crippen molar-refractivity contribution in [2.45, 2.75) is 19.6 Å². The number of carbonyl (C=O) groups excluding carboxylic acids is 2. The van der Waals surface area contributed by atoms with Gasteiger partial charge in [0.05, 0.1) is 21.7 Å². The van der Waals surface area contributed by atoms with Gasteiger partial charge in [0, 0.05) is 10.8 Å². The van der Waals surface area contributed by atoms with Gasteiger partial charge in [-0.2, -0.15) is 0 Å². The van der Waals surface area contributed by atoms with Crippen molar-refractivity contribution in [3.8, 4) is 0 Å². The summed E-state index contributed by atoms with van der Waals surface area (Å²) >= 11 is 5.92. The fourth-order valence-corrected chi connectivity index (χ4v) is 3.70. The summed E-state index contributed by atoms with van der Waals surface area (Å²) < 4.78 is 20.2. The number of esters is 1. The Bertz CT molecular complexity index is 1360. The topological polar surface area (TPSA) is 77.4 Å². The minimum Gasteiger partial charge on any atom is -0.451 e. The largest absolute Gasteiger partial charge is 0.451 e. The smallest absolute Gasteiger partial charge is 0.326 e. The van der Waals surface area contributed by atoms with Crippen LogP contribution in [0.3, 0.4) is 0 Å². The van der Waals surface area contributed by atoms with Crippen LogP contribution in [-0.2, 0) is 20.9 Å². The molecule has 0 radical (unpaired) electrons. The first-order chi connectivity index (χ1) is 15.3. The van der Waals surface area contributed by atoms with E-state index in [0.29, 0.717) is 21.8 Å². The number of benzene rings is 3. The van der Waals surface area contributed by atoms with Gasteiger partial charge in [0.1, 0.15) is 12.4 Å². The van der Waals surface area contributed by atoms with Crippen molar-refractivity contribution in [2.24, 2.45) is 0 Å². The lowest BCUT2D eigenvalue weighted by Crippen LogP contribution is -2.31. The van der Waals surface area contributed by atoms with Crippen molar-refractivity contribution in [2.75, 3.05) is 5.32 Å². The number of hydrogen-bond acceptors (Lipinski definition) is 4. The molecule has 162 valence electrons. The highest BCUT2D eigenvalue weighted by molar-refractivity contribution is 6.33. The van der Waals surface area contributed by atoms with Crippen LogP contribution in [0.25, 0.3) is 21.8 Å². The molecule has 3 aromatic carbocycles. The van der Waals surface area contributed by atoms with Crippen LogP contribution in [0.1, 0.15) is 6.92 Å². The van der Waals surface area contributed by atoms with E-state index in [1.165, 1.54) is 13.0 Å². The van der Waals surface area contributed by atoms with Crippen LogP contribution in [0.5, 0.6) is 0 Å². The van der Waals surface area contributed by atoms with Gasteiger partial charge in [-0.1, -0.05) is 35.9 Å². The maximum absolute atomic E-state index is 13.2. The molecule has 0 unspecified atom stereocenters. The Kier molecular flexibility index (Phi) is 5.92. The summed E-state index contributed by atoms with van der Waals surface area (Å²) in [4.78, 5) is 37.9. The molecule has 1 aromatic heterocycles. The number of amides is 1. The molecule has 1 atom stereocenters. The van der Waals surface area contributed by atoms with E-state index in [-0.39, 0.29) is 22.7 Å². The number of rotatable bonds is 5. The summed E-state index contributed by atoms with van der Waals surface area (Å²) in [7, 11) is 0. The molecule has 0 saturated heterocycles. The molecule has 0 fully saturated rings. The van der Waals surface area contributed by atoms with Gasteiger partial charge in [0.15, 0.2) is 11.5 Å². The highest BCUT2D eigenvalue weighted by atomic mass is 35.5. The highest BCUT2D eigenvalue weighted by Crippen LogP contribution is 2.23. The Morgan fingerprint density at radius 1 is 1.03 bits per heavy atom. The molecule has 0 bridgehead atoms. The van der Waals surface area contributed by atoms with Gasteiger partial charge < -0.3 is 14.6 Å². The maximum atomic E-state index is 13.2.